The van der Waals surface area contributed by atoms with Gasteiger partial charge >= 0.3 is 0 Å². The van der Waals surface area contributed by atoms with Crippen molar-refractivity contribution in [2.24, 2.45) is 5.41 Å². The van der Waals surface area contributed by atoms with Gasteiger partial charge in [-0.15, -0.1) is 0 Å². The van der Waals surface area contributed by atoms with Gasteiger partial charge in [0, 0.05) is 31.9 Å². The molecule has 1 aromatic rings. The van der Waals surface area contributed by atoms with Crippen molar-refractivity contribution in [3.63, 3.8) is 0 Å². The van der Waals surface area contributed by atoms with E-state index in [0.717, 1.165) is 13.1 Å². The Hall–Kier alpha value is -1.02. The Morgan fingerprint density at radius 3 is 2.53 bits per heavy atom. The number of para-hydroxylation sites is 1. The van der Waals surface area contributed by atoms with Crippen LogP contribution >= 0.6 is 0 Å². The molecule has 1 aliphatic heterocycles. The van der Waals surface area contributed by atoms with E-state index >= 15 is 0 Å². The molecule has 0 saturated carbocycles. The fourth-order valence-electron chi connectivity index (χ4n) is 2.59. The van der Waals surface area contributed by atoms with Crippen molar-refractivity contribution in [2.45, 2.75) is 46.6 Å². The maximum absolute atomic E-state index is 3.63. The van der Waals surface area contributed by atoms with Gasteiger partial charge in [-0.1, -0.05) is 39.0 Å². The average Bonchev–Trinajstić information content (AvgIpc) is 2.93. The van der Waals surface area contributed by atoms with Crippen LogP contribution in [-0.2, 0) is 6.54 Å². The van der Waals surface area contributed by atoms with Crippen molar-refractivity contribution in [2.75, 3.05) is 24.5 Å². The van der Waals surface area contributed by atoms with Crippen molar-refractivity contribution < 1.29 is 0 Å². The first-order chi connectivity index (χ1) is 9.12. The van der Waals surface area contributed by atoms with Crippen LogP contribution in [0.15, 0.2) is 24.3 Å². The molecular weight excluding hydrogens is 232 g/mol. The molecule has 1 N–H and O–H groups in total. The summed E-state index contributed by atoms with van der Waals surface area (Å²) in [6.45, 7) is 11.4. The van der Waals surface area contributed by atoms with Crippen LogP contribution in [0.1, 0.15) is 45.6 Å². The molecule has 2 heteroatoms. The van der Waals surface area contributed by atoms with E-state index in [9.17, 15) is 0 Å². The first kappa shape index (κ1) is 14.4. The summed E-state index contributed by atoms with van der Waals surface area (Å²) in [5.74, 6) is 0. The number of anilines is 1. The third-order valence-electron chi connectivity index (χ3n) is 4.31. The van der Waals surface area contributed by atoms with Gasteiger partial charge in [0.25, 0.3) is 0 Å². The number of rotatable bonds is 6. The second-order valence-corrected chi connectivity index (χ2v) is 6.44. The fraction of sp³-hybridized carbons (Fsp3) is 0.647. The molecule has 2 rings (SSSR count). The number of nitrogens with zero attached hydrogens (tertiary/aromatic N) is 1. The molecule has 1 aromatic carbocycles. The lowest BCUT2D eigenvalue weighted by molar-refractivity contribution is 0.328. The quantitative estimate of drug-likeness (QED) is 0.836. The molecule has 0 radical (unpaired) electrons. The van der Waals surface area contributed by atoms with E-state index in [1.807, 2.05) is 0 Å². The van der Waals surface area contributed by atoms with Gasteiger partial charge in [0.15, 0.2) is 0 Å². The lowest BCUT2D eigenvalue weighted by Crippen LogP contribution is -2.29. The molecule has 19 heavy (non-hydrogen) atoms. The fourth-order valence-corrected chi connectivity index (χ4v) is 2.59. The molecular formula is C17H28N2. The summed E-state index contributed by atoms with van der Waals surface area (Å²) in [5.41, 5.74) is 3.26. The van der Waals surface area contributed by atoms with Gasteiger partial charge in [0.05, 0.1) is 0 Å². The average molecular weight is 260 g/mol. The minimum absolute atomic E-state index is 0.391. The normalized spacial score (nSPS) is 16.1. The first-order valence-corrected chi connectivity index (χ1v) is 7.66. The zero-order valence-electron chi connectivity index (χ0n) is 12.7. The second-order valence-electron chi connectivity index (χ2n) is 6.44. The van der Waals surface area contributed by atoms with E-state index in [4.69, 9.17) is 0 Å². The Labute approximate surface area is 118 Å². The highest BCUT2D eigenvalue weighted by Crippen LogP contribution is 2.25. The zero-order valence-corrected chi connectivity index (χ0v) is 12.7. The van der Waals surface area contributed by atoms with Gasteiger partial charge in [-0.3, -0.25) is 0 Å². The zero-order chi connectivity index (χ0) is 13.7. The Bertz CT molecular complexity index is 392. The van der Waals surface area contributed by atoms with Crippen LogP contribution < -0.4 is 10.2 Å². The Balaban J connectivity index is 1.96. The molecule has 2 nitrogen and oxygen atoms in total. The summed E-state index contributed by atoms with van der Waals surface area (Å²) in [4.78, 5) is 2.53. The molecule has 0 bridgehead atoms. The van der Waals surface area contributed by atoms with Crippen molar-refractivity contribution in [1.82, 2.24) is 5.32 Å². The van der Waals surface area contributed by atoms with Gasteiger partial charge in [-0.05, 0) is 36.3 Å². The maximum Gasteiger partial charge on any atom is 0.0411 e. The largest absolute Gasteiger partial charge is 0.371 e. The molecule has 106 valence electrons. The van der Waals surface area contributed by atoms with Crippen molar-refractivity contribution in [1.29, 1.82) is 0 Å². The molecule has 0 unspecified atom stereocenters. The smallest absolute Gasteiger partial charge is 0.0411 e. The lowest BCUT2D eigenvalue weighted by Gasteiger charge is -2.25. The number of nitrogens with one attached hydrogen (secondary N) is 1. The van der Waals surface area contributed by atoms with Gasteiger partial charge in [-0.2, -0.15) is 0 Å². The SMILES string of the molecule is CCC(C)(C)CNCc1ccccc1N1CCCC1. The summed E-state index contributed by atoms with van der Waals surface area (Å²) >= 11 is 0. The van der Waals surface area contributed by atoms with Crippen LogP contribution in [0.3, 0.4) is 0 Å². The Kier molecular flexibility index (Phi) is 4.87. The monoisotopic (exact) mass is 260 g/mol. The van der Waals surface area contributed by atoms with Crippen molar-refractivity contribution in [3.05, 3.63) is 29.8 Å². The molecule has 1 fully saturated rings. The summed E-state index contributed by atoms with van der Waals surface area (Å²) in [7, 11) is 0. The Morgan fingerprint density at radius 2 is 1.84 bits per heavy atom. The summed E-state index contributed by atoms with van der Waals surface area (Å²) < 4.78 is 0. The third-order valence-corrected chi connectivity index (χ3v) is 4.31. The first-order valence-electron chi connectivity index (χ1n) is 7.66. The highest BCUT2D eigenvalue weighted by molar-refractivity contribution is 5.54. The summed E-state index contributed by atoms with van der Waals surface area (Å²) in [6.07, 6.45) is 3.89. The van der Waals surface area contributed by atoms with Crippen molar-refractivity contribution in [3.8, 4) is 0 Å². The van der Waals surface area contributed by atoms with Gasteiger partial charge in [-0.25, -0.2) is 0 Å². The number of hydrogen-bond donors (Lipinski definition) is 1. The van der Waals surface area contributed by atoms with Crippen LogP contribution in [0.4, 0.5) is 5.69 Å². The predicted octanol–water partition coefficient (Wildman–Crippen LogP) is 3.81. The maximum atomic E-state index is 3.63. The van der Waals surface area contributed by atoms with Gasteiger partial charge < -0.3 is 10.2 Å². The third kappa shape index (κ3) is 3.97. The molecule has 1 saturated heterocycles. The van der Waals surface area contributed by atoms with Crippen molar-refractivity contribution >= 4 is 5.69 Å². The van der Waals surface area contributed by atoms with Crippen LogP contribution in [0.2, 0.25) is 0 Å². The molecule has 0 aromatic heterocycles. The second kappa shape index (κ2) is 6.42. The van der Waals surface area contributed by atoms with E-state index < -0.39 is 0 Å². The van der Waals surface area contributed by atoms with E-state index in [2.05, 4.69) is 55.3 Å². The molecule has 0 spiro atoms. The van der Waals surface area contributed by atoms with Crippen LogP contribution in [0.25, 0.3) is 0 Å². The van der Waals surface area contributed by atoms with E-state index in [-0.39, 0.29) is 0 Å². The summed E-state index contributed by atoms with van der Waals surface area (Å²) in [5, 5.41) is 3.63. The molecule has 0 amide bonds. The lowest BCUT2D eigenvalue weighted by atomic mass is 9.90. The van der Waals surface area contributed by atoms with Crippen LogP contribution in [0.5, 0.6) is 0 Å². The number of hydrogen-bond acceptors (Lipinski definition) is 2. The van der Waals surface area contributed by atoms with Gasteiger partial charge in [0.2, 0.25) is 0 Å². The molecule has 1 heterocycles. The minimum Gasteiger partial charge on any atom is -0.371 e. The van der Waals surface area contributed by atoms with Crippen LogP contribution in [0, 0.1) is 5.41 Å². The molecule has 0 atom stereocenters. The Morgan fingerprint density at radius 1 is 1.16 bits per heavy atom. The highest BCUT2D eigenvalue weighted by atomic mass is 15.1. The van der Waals surface area contributed by atoms with E-state index in [1.54, 1.807) is 0 Å². The summed E-state index contributed by atoms with van der Waals surface area (Å²) in [6, 6.07) is 8.85. The molecule has 0 aliphatic carbocycles. The number of benzene rings is 1. The van der Waals surface area contributed by atoms with Crippen LogP contribution in [-0.4, -0.2) is 19.6 Å². The topological polar surface area (TPSA) is 15.3 Å². The molecule has 1 aliphatic rings. The van der Waals surface area contributed by atoms with E-state index in [1.165, 1.54) is 43.6 Å². The van der Waals surface area contributed by atoms with Gasteiger partial charge in [0.1, 0.15) is 0 Å². The minimum atomic E-state index is 0.391. The highest BCUT2D eigenvalue weighted by Gasteiger charge is 2.17. The van der Waals surface area contributed by atoms with E-state index in [0.29, 0.717) is 5.41 Å². The predicted molar refractivity (Wildman–Crippen MR) is 83.7 cm³/mol. The standard InChI is InChI=1S/C17H28N2/c1-4-17(2,3)14-18-13-15-9-5-6-10-16(15)19-11-7-8-12-19/h5-6,9-10,18H,4,7-8,11-14H2,1-3H3.